The number of hydrogen-bond donors (Lipinski definition) is 1. The topological polar surface area (TPSA) is 49.7 Å². The average molecular weight is 155 g/mol. The maximum absolute atomic E-state index is 11.2. The van der Waals surface area contributed by atoms with E-state index >= 15 is 0 Å². The molecule has 62 valence electrons. The number of oxime groups is 1. The first-order valence-corrected chi connectivity index (χ1v) is 4.04. The molecule has 1 aliphatic rings. The second-order valence-corrected chi connectivity index (χ2v) is 2.94. The van der Waals surface area contributed by atoms with Crippen molar-refractivity contribution in [2.24, 2.45) is 11.1 Å². The van der Waals surface area contributed by atoms with E-state index in [1.165, 1.54) is 0 Å². The Labute approximate surface area is 66.1 Å². The average Bonchev–Trinajstić information content (AvgIpc) is 2.34. The van der Waals surface area contributed by atoms with Gasteiger partial charge in [0.05, 0.1) is 0 Å². The summed E-state index contributed by atoms with van der Waals surface area (Å²) in [5.41, 5.74) is 0.364. The molecule has 0 aliphatic heterocycles. The van der Waals surface area contributed by atoms with Crippen LogP contribution in [0.2, 0.25) is 0 Å². The van der Waals surface area contributed by atoms with Crippen molar-refractivity contribution in [3.63, 3.8) is 0 Å². The molecule has 0 spiro atoms. The highest BCUT2D eigenvalue weighted by molar-refractivity contribution is 6.42. The molecule has 3 nitrogen and oxygen atoms in total. The largest absolute Gasteiger partial charge is 0.411 e. The second-order valence-electron chi connectivity index (χ2n) is 2.94. The summed E-state index contributed by atoms with van der Waals surface area (Å²) < 4.78 is 0. The Kier molecular flexibility index (Phi) is 2.63. The first-order valence-electron chi connectivity index (χ1n) is 4.04. The van der Waals surface area contributed by atoms with E-state index in [-0.39, 0.29) is 11.7 Å². The van der Waals surface area contributed by atoms with Gasteiger partial charge in [-0.2, -0.15) is 0 Å². The second kappa shape index (κ2) is 3.51. The molecule has 1 atom stereocenters. The molecule has 1 saturated carbocycles. The van der Waals surface area contributed by atoms with Crippen LogP contribution >= 0.6 is 0 Å². The zero-order valence-electron chi connectivity index (χ0n) is 6.71. The Bertz CT molecular complexity index is 187. The Morgan fingerprint density at radius 3 is 2.91 bits per heavy atom. The van der Waals surface area contributed by atoms with E-state index in [0.717, 1.165) is 19.3 Å². The number of carbonyl (C=O) groups is 1. The van der Waals surface area contributed by atoms with Crippen molar-refractivity contribution in [3.05, 3.63) is 0 Å². The first-order chi connectivity index (χ1) is 5.29. The number of carbonyl (C=O) groups excluding carboxylic acids is 1. The lowest BCUT2D eigenvalue weighted by atomic mass is 10.0. The maximum atomic E-state index is 11.2. The number of hydrogen-bond acceptors (Lipinski definition) is 3. The summed E-state index contributed by atoms with van der Waals surface area (Å²) in [6, 6.07) is 0. The van der Waals surface area contributed by atoms with Gasteiger partial charge < -0.3 is 5.21 Å². The van der Waals surface area contributed by atoms with E-state index in [1.807, 2.05) is 0 Å². The van der Waals surface area contributed by atoms with Gasteiger partial charge in [0.1, 0.15) is 5.71 Å². The van der Waals surface area contributed by atoms with Gasteiger partial charge in [0.2, 0.25) is 0 Å². The number of rotatable bonds is 2. The molecule has 0 aromatic carbocycles. The highest BCUT2D eigenvalue weighted by atomic mass is 16.4. The lowest BCUT2D eigenvalue weighted by molar-refractivity contribution is -0.115. The van der Waals surface area contributed by atoms with Crippen LogP contribution in [0, 0.1) is 5.92 Å². The molecule has 0 aromatic heterocycles. The van der Waals surface area contributed by atoms with Gasteiger partial charge in [-0.3, -0.25) is 4.79 Å². The SMILES string of the molecule is CCCC1CCC(=NO)C1=O. The number of ketones is 1. The van der Waals surface area contributed by atoms with E-state index in [0.29, 0.717) is 12.1 Å². The fourth-order valence-electron chi connectivity index (χ4n) is 1.52. The van der Waals surface area contributed by atoms with E-state index in [1.54, 1.807) is 0 Å². The molecule has 0 aromatic rings. The van der Waals surface area contributed by atoms with Crippen LogP contribution < -0.4 is 0 Å². The zero-order chi connectivity index (χ0) is 8.27. The summed E-state index contributed by atoms with van der Waals surface area (Å²) in [6.07, 6.45) is 3.47. The summed E-state index contributed by atoms with van der Waals surface area (Å²) in [5.74, 6) is 0.181. The third-order valence-electron chi connectivity index (χ3n) is 2.14. The fraction of sp³-hybridized carbons (Fsp3) is 0.750. The van der Waals surface area contributed by atoms with E-state index in [9.17, 15) is 4.79 Å². The minimum absolute atomic E-state index is 0.0503. The highest BCUT2D eigenvalue weighted by Crippen LogP contribution is 2.23. The molecule has 1 N–H and O–H groups in total. The maximum Gasteiger partial charge on any atom is 0.183 e. The van der Waals surface area contributed by atoms with Crippen molar-refractivity contribution < 1.29 is 10.0 Å². The van der Waals surface area contributed by atoms with Crippen molar-refractivity contribution in [1.29, 1.82) is 0 Å². The van der Waals surface area contributed by atoms with Gasteiger partial charge in [-0.15, -0.1) is 0 Å². The molecule has 3 heteroatoms. The third-order valence-corrected chi connectivity index (χ3v) is 2.14. The Hall–Kier alpha value is -0.860. The number of Topliss-reactive ketones (excluding diaryl/α,β-unsaturated/α-hetero) is 1. The van der Waals surface area contributed by atoms with Crippen LogP contribution in [0.25, 0.3) is 0 Å². The molecule has 1 fully saturated rings. The molecule has 1 unspecified atom stereocenters. The van der Waals surface area contributed by atoms with Crippen LogP contribution in [0.5, 0.6) is 0 Å². The standard InChI is InChI=1S/C8H13NO2/c1-2-3-6-4-5-7(9-11)8(6)10/h6,11H,2-5H2,1H3. The molecule has 0 bridgehead atoms. The minimum atomic E-state index is 0.0503. The van der Waals surface area contributed by atoms with Crippen LogP contribution in [0.4, 0.5) is 0 Å². The summed E-state index contributed by atoms with van der Waals surface area (Å²) >= 11 is 0. The van der Waals surface area contributed by atoms with Gasteiger partial charge >= 0.3 is 0 Å². The fourth-order valence-corrected chi connectivity index (χ4v) is 1.52. The monoisotopic (exact) mass is 155 g/mol. The Morgan fingerprint density at radius 1 is 1.73 bits per heavy atom. The highest BCUT2D eigenvalue weighted by Gasteiger charge is 2.29. The van der Waals surface area contributed by atoms with Crippen LogP contribution in [-0.2, 0) is 4.79 Å². The van der Waals surface area contributed by atoms with Crippen molar-refractivity contribution in [2.45, 2.75) is 32.6 Å². The zero-order valence-corrected chi connectivity index (χ0v) is 6.71. The predicted molar refractivity (Wildman–Crippen MR) is 41.9 cm³/mol. The summed E-state index contributed by atoms with van der Waals surface area (Å²) in [5, 5.41) is 11.4. The normalized spacial score (nSPS) is 28.3. The van der Waals surface area contributed by atoms with E-state index < -0.39 is 0 Å². The van der Waals surface area contributed by atoms with Gasteiger partial charge in [-0.1, -0.05) is 18.5 Å². The molecule has 1 rings (SSSR count). The number of nitrogens with zero attached hydrogens (tertiary/aromatic N) is 1. The van der Waals surface area contributed by atoms with Crippen molar-refractivity contribution in [3.8, 4) is 0 Å². The lowest BCUT2D eigenvalue weighted by Crippen LogP contribution is -2.13. The van der Waals surface area contributed by atoms with Gasteiger partial charge in [0.15, 0.2) is 5.78 Å². The summed E-state index contributed by atoms with van der Waals surface area (Å²) in [4.78, 5) is 11.2. The van der Waals surface area contributed by atoms with Gasteiger partial charge in [-0.05, 0) is 19.3 Å². The van der Waals surface area contributed by atoms with Crippen LogP contribution in [-0.4, -0.2) is 16.7 Å². The van der Waals surface area contributed by atoms with Crippen LogP contribution in [0.1, 0.15) is 32.6 Å². The van der Waals surface area contributed by atoms with E-state index in [2.05, 4.69) is 12.1 Å². The van der Waals surface area contributed by atoms with Crippen LogP contribution in [0.3, 0.4) is 0 Å². The van der Waals surface area contributed by atoms with Gasteiger partial charge in [0, 0.05) is 5.92 Å². The molecule has 0 amide bonds. The lowest BCUT2D eigenvalue weighted by Gasteiger charge is -2.02. The van der Waals surface area contributed by atoms with Gasteiger partial charge in [-0.25, -0.2) is 0 Å². The summed E-state index contributed by atoms with van der Waals surface area (Å²) in [6.45, 7) is 2.06. The van der Waals surface area contributed by atoms with Gasteiger partial charge in [0.25, 0.3) is 0 Å². The van der Waals surface area contributed by atoms with Crippen LogP contribution in [0.15, 0.2) is 5.16 Å². The van der Waals surface area contributed by atoms with Crippen molar-refractivity contribution in [1.82, 2.24) is 0 Å². The molecule has 0 heterocycles. The first kappa shape index (κ1) is 8.24. The molecular formula is C8H13NO2. The molecular weight excluding hydrogens is 142 g/mol. The summed E-state index contributed by atoms with van der Waals surface area (Å²) in [7, 11) is 0. The minimum Gasteiger partial charge on any atom is -0.411 e. The molecule has 0 saturated heterocycles. The smallest absolute Gasteiger partial charge is 0.183 e. The Balaban J connectivity index is 2.56. The molecule has 11 heavy (non-hydrogen) atoms. The molecule has 0 radical (unpaired) electrons. The predicted octanol–water partition coefficient (Wildman–Crippen LogP) is 1.60. The van der Waals surface area contributed by atoms with Crippen molar-refractivity contribution in [2.75, 3.05) is 0 Å². The van der Waals surface area contributed by atoms with E-state index in [4.69, 9.17) is 5.21 Å². The third kappa shape index (κ3) is 1.59. The quantitative estimate of drug-likeness (QED) is 0.486. The Morgan fingerprint density at radius 2 is 2.45 bits per heavy atom. The van der Waals surface area contributed by atoms with Crippen molar-refractivity contribution >= 4 is 11.5 Å². The molecule has 1 aliphatic carbocycles.